The minimum absolute atomic E-state index is 0.263. The highest BCUT2D eigenvalue weighted by Gasteiger charge is 2.43. The molecule has 0 aliphatic carbocycles. The van der Waals surface area contributed by atoms with E-state index in [1.54, 1.807) is 0 Å². The van der Waals surface area contributed by atoms with Crippen molar-refractivity contribution in [1.29, 1.82) is 0 Å². The number of hydrogen-bond donors (Lipinski definition) is 1. The molecule has 0 spiro atoms. The third-order valence-electron chi connectivity index (χ3n) is 4.60. The van der Waals surface area contributed by atoms with Crippen molar-refractivity contribution >= 4 is 0 Å². The second kappa shape index (κ2) is 4.67. The molecule has 0 saturated carbocycles. The predicted octanol–water partition coefficient (Wildman–Crippen LogP) is 2.85. The quantitative estimate of drug-likeness (QED) is 0.825. The molecule has 100 valence electrons. The summed E-state index contributed by atoms with van der Waals surface area (Å²) in [5, 5.41) is 11.2. The van der Waals surface area contributed by atoms with Crippen molar-refractivity contribution in [2.45, 2.75) is 45.8 Å². The molecule has 1 aliphatic rings. The van der Waals surface area contributed by atoms with Gasteiger partial charge in [-0.1, -0.05) is 30.7 Å². The molecule has 18 heavy (non-hydrogen) atoms. The SMILES string of the molecule is Cc1ccc(C)c([C@@]2(O)C[C@@H](C)N(C)C[C@@H]2C)c1. The van der Waals surface area contributed by atoms with Gasteiger partial charge in [-0.3, -0.25) is 0 Å². The molecule has 1 aliphatic heterocycles. The van der Waals surface area contributed by atoms with E-state index in [-0.39, 0.29) is 5.92 Å². The van der Waals surface area contributed by atoms with Gasteiger partial charge < -0.3 is 10.0 Å². The summed E-state index contributed by atoms with van der Waals surface area (Å²) in [4.78, 5) is 2.34. The van der Waals surface area contributed by atoms with E-state index in [0.29, 0.717) is 6.04 Å². The molecule has 1 fully saturated rings. The topological polar surface area (TPSA) is 23.5 Å². The van der Waals surface area contributed by atoms with Crippen molar-refractivity contribution in [3.63, 3.8) is 0 Å². The fraction of sp³-hybridized carbons (Fsp3) is 0.625. The van der Waals surface area contributed by atoms with Gasteiger partial charge in [0.2, 0.25) is 0 Å². The van der Waals surface area contributed by atoms with Crippen LogP contribution >= 0.6 is 0 Å². The molecular weight excluding hydrogens is 222 g/mol. The third-order valence-corrected chi connectivity index (χ3v) is 4.60. The highest BCUT2D eigenvalue weighted by molar-refractivity contribution is 5.36. The zero-order valence-corrected chi connectivity index (χ0v) is 12.2. The minimum Gasteiger partial charge on any atom is -0.385 e. The first-order valence-corrected chi connectivity index (χ1v) is 6.85. The Morgan fingerprint density at radius 3 is 2.61 bits per heavy atom. The van der Waals surface area contributed by atoms with E-state index in [1.807, 2.05) is 0 Å². The highest BCUT2D eigenvalue weighted by Crippen LogP contribution is 2.40. The number of aliphatic hydroxyl groups is 1. The van der Waals surface area contributed by atoms with Gasteiger partial charge in [-0.05, 0) is 45.4 Å². The largest absolute Gasteiger partial charge is 0.385 e. The summed E-state index contributed by atoms with van der Waals surface area (Å²) < 4.78 is 0. The Morgan fingerprint density at radius 2 is 1.94 bits per heavy atom. The van der Waals surface area contributed by atoms with Crippen molar-refractivity contribution in [2.24, 2.45) is 5.92 Å². The van der Waals surface area contributed by atoms with Gasteiger partial charge in [0.05, 0.1) is 5.60 Å². The van der Waals surface area contributed by atoms with Crippen molar-refractivity contribution in [3.05, 3.63) is 34.9 Å². The van der Waals surface area contributed by atoms with Gasteiger partial charge in [0.25, 0.3) is 0 Å². The van der Waals surface area contributed by atoms with E-state index in [0.717, 1.165) is 18.5 Å². The maximum Gasteiger partial charge on any atom is 0.0951 e. The van der Waals surface area contributed by atoms with E-state index in [4.69, 9.17) is 0 Å². The number of piperidine rings is 1. The standard InChI is InChI=1S/C16H25NO/c1-11-6-7-12(2)15(8-11)16(18)9-14(4)17(5)10-13(16)3/h6-8,13-14,18H,9-10H2,1-5H3/t13-,14+,16+/m0/s1. The lowest BCUT2D eigenvalue weighted by molar-refractivity contribution is -0.0847. The fourth-order valence-electron chi connectivity index (χ4n) is 3.15. The number of rotatable bonds is 1. The normalized spacial score (nSPS) is 33.7. The summed E-state index contributed by atoms with van der Waals surface area (Å²) in [6.45, 7) is 9.50. The van der Waals surface area contributed by atoms with Gasteiger partial charge in [0.1, 0.15) is 0 Å². The van der Waals surface area contributed by atoms with Crippen LogP contribution < -0.4 is 0 Å². The van der Waals surface area contributed by atoms with Gasteiger partial charge in [0.15, 0.2) is 0 Å². The van der Waals surface area contributed by atoms with Crippen molar-refractivity contribution < 1.29 is 5.11 Å². The Morgan fingerprint density at radius 1 is 1.28 bits per heavy atom. The van der Waals surface area contributed by atoms with Gasteiger partial charge in [-0.2, -0.15) is 0 Å². The molecule has 0 bridgehead atoms. The first kappa shape index (κ1) is 13.6. The lowest BCUT2D eigenvalue weighted by atomic mass is 9.73. The Kier molecular flexibility index (Phi) is 3.52. The molecule has 1 heterocycles. The molecule has 1 saturated heterocycles. The van der Waals surface area contributed by atoms with E-state index in [9.17, 15) is 5.11 Å². The maximum absolute atomic E-state index is 11.2. The zero-order chi connectivity index (χ0) is 13.5. The molecule has 0 amide bonds. The molecular formula is C16H25NO. The molecule has 0 aromatic heterocycles. The molecule has 3 atom stereocenters. The van der Waals surface area contributed by atoms with E-state index >= 15 is 0 Å². The van der Waals surface area contributed by atoms with Crippen LogP contribution in [0.3, 0.4) is 0 Å². The smallest absolute Gasteiger partial charge is 0.0951 e. The monoisotopic (exact) mass is 247 g/mol. The van der Waals surface area contributed by atoms with Gasteiger partial charge >= 0.3 is 0 Å². The summed E-state index contributed by atoms with van der Waals surface area (Å²) in [6, 6.07) is 6.82. The van der Waals surface area contributed by atoms with Gasteiger partial charge in [0, 0.05) is 18.5 Å². The maximum atomic E-state index is 11.2. The average Bonchev–Trinajstić information content (AvgIpc) is 2.30. The van der Waals surface area contributed by atoms with E-state index < -0.39 is 5.60 Å². The second-order valence-electron chi connectivity index (χ2n) is 6.14. The minimum atomic E-state index is -0.679. The van der Waals surface area contributed by atoms with Crippen LogP contribution in [0.4, 0.5) is 0 Å². The number of aryl methyl sites for hydroxylation is 2. The molecule has 2 heteroatoms. The van der Waals surface area contributed by atoms with Gasteiger partial charge in [-0.25, -0.2) is 0 Å². The van der Waals surface area contributed by atoms with Crippen LogP contribution in [0.25, 0.3) is 0 Å². The van der Waals surface area contributed by atoms with Crippen LogP contribution in [-0.4, -0.2) is 29.6 Å². The number of nitrogens with zero attached hydrogens (tertiary/aromatic N) is 1. The summed E-state index contributed by atoms with van der Waals surface area (Å²) in [6.07, 6.45) is 0.814. The molecule has 0 radical (unpaired) electrons. The van der Waals surface area contributed by atoms with Crippen LogP contribution in [0.5, 0.6) is 0 Å². The first-order chi connectivity index (χ1) is 8.34. The fourth-order valence-corrected chi connectivity index (χ4v) is 3.15. The second-order valence-corrected chi connectivity index (χ2v) is 6.14. The molecule has 2 nitrogen and oxygen atoms in total. The molecule has 2 rings (SSSR count). The zero-order valence-electron chi connectivity index (χ0n) is 12.2. The number of benzene rings is 1. The van der Waals surface area contributed by atoms with Crippen LogP contribution in [0, 0.1) is 19.8 Å². The highest BCUT2D eigenvalue weighted by atomic mass is 16.3. The van der Waals surface area contributed by atoms with Gasteiger partial charge in [-0.15, -0.1) is 0 Å². The third kappa shape index (κ3) is 2.19. The molecule has 1 aromatic rings. The van der Waals surface area contributed by atoms with Crippen molar-refractivity contribution in [1.82, 2.24) is 4.90 Å². The first-order valence-electron chi connectivity index (χ1n) is 6.85. The van der Waals surface area contributed by atoms with Crippen molar-refractivity contribution in [3.8, 4) is 0 Å². The summed E-state index contributed by atoms with van der Waals surface area (Å²) in [5.74, 6) is 0.263. The van der Waals surface area contributed by atoms with Crippen molar-refractivity contribution in [2.75, 3.05) is 13.6 Å². The van der Waals surface area contributed by atoms with E-state index in [2.05, 4.69) is 57.8 Å². The Hall–Kier alpha value is -0.860. The van der Waals surface area contributed by atoms with Crippen LogP contribution in [0.2, 0.25) is 0 Å². The number of likely N-dealkylation sites (tertiary alicyclic amines) is 1. The molecule has 0 unspecified atom stereocenters. The Balaban J connectivity index is 2.43. The van der Waals surface area contributed by atoms with E-state index in [1.165, 1.54) is 11.1 Å². The Labute approximate surface area is 111 Å². The number of hydrogen-bond acceptors (Lipinski definition) is 2. The summed E-state index contributed by atoms with van der Waals surface area (Å²) in [7, 11) is 2.14. The lowest BCUT2D eigenvalue weighted by Crippen LogP contribution is -2.51. The van der Waals surface area contributed by atoms with Crippen LogP contribution in [0.1, 0.15) is 37.0 Å². The summed E-state index contributed by atoms with van der Waals surface area (Å²) in [5.41, 5.74) is 2.87. The molecule has 1 aromatic carbocycles. The predicted molar refractivity (Wildman–Crippen MR) is 75.7 cm³/mol. The Bertz CT molecular complexity index is 443. The molecule has 1 N–H and O–H groups in total. The summed E-state index contributed by atoms with van der Waals surface area (Å²) >= 11 is 0. The lowest BCUT2D eigenvalue weighted by Gasteiger charge is -2.46. The average molecular weight is 247 g/mol. The van der Waals surface area contributed by atoms with Crippen LogP contribution in [0.15, 0.2) is 18.2 Å². The van der Waals surface area contributed by atoms with Crippen LogP contribution in [-0.2, 0) is 5.60 Å².